The number of rotatable bonds is 8. The number of hydrogen-bond donors (Lipinski definition) is 2. The molecule has 0 saturated carbocycles. The third kappa shape index (κ3) is 6.90. The topological polar surface area (TPSA) is 61.4 Å². The SMILES string of the molecule is CCN(CCC(=O)Nc1c(Cl)cccc1Cl)CC(=O)Nc1ccccc1C(F)(F)F. The molecule has 30 heavy (non-hydrogen) atoms. The Morgan fingerprint density at radius 1 is 0.967 bits per heavy atom. The van der Waals surface area contributed by atoms with Gasteiger partial charge in [0.2, 0.25) is 11.8 Å². The third-order valence-corrected chi connectivity index (χ3v) is 4.83. The molecule has 0 radical (unpaired) electrons. The summed E-state index contributed by atoms with van der Waals surface area (Å²) in [6.45, 7) is 2.26. The quantitative estimate of drug-likeness (QED) is 0.560. The van der Waals surface area contributed by atoms with Crippen LogP contribution in [0, 0.1) is 0 Å². The van der Waals surface area contributed by atoms with Crippen molar-refractivity contribution in [1.29, 1.82) is 0 Å². The summed E-state index contributed by atoms with van der Waals surface area (Å²) in [7, 11) is 0. The Morgan fingerprint density at radius 3 is 2.20 bits per heavy atom. The number of likely N-dealkylation sites (N-methyl/N-ethyl adjacent to an activating group) is 1. The number of anilines is 2. The highest BCUT2D eigenvalue weighted by Gasteiger charge is 2.33. The Kier molecular flexibility index (Phi) is 8.52. The molecule has 0 aromatic heterocycles. The van der Waals surface area contributed by atoms with Gasteiger partial charge in [0.25, 0.3) is 0 Å². The van der Waals surface area contributed by atoms with Crippen LogP contribution in [0.5, 0.6) is 0 Å². The first-order chi connectivity index (χ1) is 14.1. The molecule has 0 spiro atoms. The Hall–Kier alpha value is -2.29. The summed E-state index contributed by atoms with van der Waals surface area (Å²) in [5.74, 6) is -0.964. The minimum Gasteiger partial charge on any atom is -0.324 e. The van der Waals surface area contributed by atoms with Crippen LogP contribution in [0.2, 0.25) is 10.0 Å². The zero-order chi connectivity index (χ0) is 22.3. The van der Waals surface area contributed by atoms with Gasteiger partial charge in [0.1, 0.15) is 0 Å². The van der Waals surface area contributed by atoms with E-state index in [-0.39, 0.29) is 31.1 Å². The lowest BCUT2D eigenvalue weighted by Gasteiger charge is -2.20. The molecule has 0 aliphatic rings. The van der Waals surface area contributed by atoms with Gasteiger partial charge in [-0.15, -0.1) is 0 Å². The minimum atomic E-state index is -4.58. The zero-order valence-corrected chi connectivity index (χ0v) is 17.5. The maximum atomic E-state index is 13.0. The highest BCUT2D eigenvalue weighted by molar-refractivity contribution is 6.39. The average Bonchev–Trinajstić information content (AvgIpc) is 2.67. The number of carbonyl (C=O) groups excluding carboxylic acids is 2. The second kappa shape index (κ2) is 10.7. The van der Waals surface area contributed by atoms with Gasteiger partial charge in [0.05, 0.1) is 33.5 Å². The molecule has 0 unspecified atom stereocenters. The smallest absolute Gasteiger partial charge is 0.324 e. The predicted octanol–water partition coefficient (Wildman–Crippen LogP) is 5.30. The molecule has 2 N–H and O–H groups in total. The largest absolute Gasteiger partial charge is 0.418 e. The third-order valence-electron chi connectivity index (χ3n) is 4.20. The molecule has 0 aliphatic carbocycles. The number of nitrogens with one attached hydrogen (secondary N) is 2. The van der Waals surface area contributed by atoms with Crippen LogP contribution in [0.1, 0.15) is 18.9 Å². The van der Waals surface area contributed by atoms with E-state index in [0.717, 1.165) is 6.07 Å². The van der Waals surface area contributed by atoms with E-state index in [0.29, 0.717) is 22.3 Å². The molecule has 0 bridgehead atoms. The van der Waals surface area contributed by atoms with Crippen molar-refractivity contribution in [1.82, 2.24) is 4.90 Å². The molecular formula is C20H20Cl2F3N3O2. The standard InChI is InChI=1S/C20H20Cl2F3N3O2/c1-2-28(11-10-17(29)27-19-14(21)7-5-8-15(19)22)12-18(30)26-16-9-4-3-6-13(16)20(23,24)25/h3-9H,2,10-12H2,1H3,(H,26,30)(H,27,29). The van der Waals surface area contributed by atoms with Crippen molar-refractivity contribution in [3.8, 4) is 0 Å². The highest BCUT2D eigenvalue weighted by atomic mass is 35.5. The van der Waals surface area contributed by atoms with E-state index >= 15 is 0 Å². The van der Waals surface area contributed by atoms with E-state index in [1.54, 1.807) is 30.0 Å². The molecular weight excluding hydrogens is 442 g/mol. The van der Waals surface area contributed by atoms with Crippen LogP contribution >= 0.6 is 23.2 Å². The van der Waals surface area contributed by atoms with E-state index in [9.17, 15) is 22.8 Å². The fraction of sp³-hybridized carbons (Fsp3) is 0.300. The number of para-hydroxylation sites is 2. The number of amides is 2. The van der Waals surface area contributed by atoms with Crippen molar-refractivity contribution in [3.63, 3.8) is 0 Å². The number of carbonyl (C=O) groups is 2. The van der Waals surface area contributed by atoms with Crippen LogP contribution < -0.4 is 10.6 Å². The lowest BCUT2D eigenvalue weighted by atomic mass is 10.1. The first-order valence-corrected chi connectivity index (χ1v) is 9.79. The molecule has 2 rings (SSSR count). The van der Waals surface area contributed by atoms with Crippen LogP contribution in [0.15, 0.2) is 42.5 Å². The second-order valence-corrected chi connectivity index (χ2v) is 7.17. The van der Waals surface area contributed by atoms with Crippen molar-refractivity contribution in [2.45, 2.75) is 19.5 Å². The van der Waals surface area contributed by atoms with Crippen molar-refractivity contribution in [2.24, 2.45) is 0 Å². The van der Waals surface area contributed by atoms with Gasteiger partial charge >= 0.3 is 6.18 Å². The maximum Gasteiger partial charge on any atom is 0.418 e. The van der Waals surface area contributed by atoms with Gasteiger partial charge in [-0.2, -0.15) is 13.2 Å². The normalized spacial score (nSPS) is 11.4. The summed E-state index contributed by atoms with van der Waals surface area (Å²) < 4.78 is 39.1. The summed E-state index contributed by atoms with van der Waals surface area (Å²) in [6, 6.07) is 9.58. The highest BCUT2D eigenvalue weighted by Crippen LogP contribution is 2.34. The Bertz CT molecular complexity index is 887. The molecule has 2 aromatic rings. The first-order valence-electron chi connectivity index (χ1n) is 9.04. The van der Waals surface area contributed by atoms with Gasteiger partial charge in [-0.05, 0) is 30.8 Å². The summed E-state index contributed by atoms with van der Waals surface area (Å²) in [6.07, 6.45) is -4.53. The van der Waals surface area contributed by atoms with Crippen molar-refractivity contribution >= 4 is 46.4 Å². The van der Waals surface area contributed by atoms with E-state index in [1.165, 1.54) is 18.2 Å². The molecule has 0 heterocycles. The molecule has 5 nitrogen and oxygen atoms in total. The van der Waals surface area contributed by atoms with Crippen molar-refractivity contribution < 1.29 is 22.8 Å². The Balaban J connectivity index is 1.91. The van der Waals surface area contributed by atoms with Crippen LogP contribution in [0.3, 0.4) is 0 Å². The first kappa shape index (κ1) is 24.0. The van der Waals surface area contributed by atoms with Gasteiger partial charge in [0.15, 0.2) is 0 Å². The second-order valence-electron chi connectivity index (χ2n) is 6.36. The van der Waals surface area contributed by atoms with Gasteiger partial charge in [-0.25, -0.2) is 0 Å². The van der Waals surface area contributed by atoms with E-state index in [2.05, 4.69) is 10.6 Å². The molecule has 2 aromatic carbocycles. The molecule has 0 atom stereocenters. The van der Waals surface area contributed by atoms with Crippen LogP contribution in [-0.4, -0.2) is 36.3 Å². The van der Waals surface area contributed by atoms with Crippen LogP contribution in [0.4, 0.5) is 24.5 Å². The summed E-state index contributed by atoms with van der Waals surface area (Å²) in [5, 5.41) is 5.50. The van der Waals surface area contributed by atoms with Crippen LogP contribution in [0.25, 0.3) is 0 Å². The van der Waals surface area contributed by atoms with Gasteiger partial charge in [-0.1, -0.05) is 48.3 Å². The summed E-state index contributed by atoms with van der Waals surface area (Å²) >= 11 is 12.0. The molecule has 0 aliphatic heterocycles. The lowest BCUT2D eigenvalue weighted by molar-refractivity contribution is -0.137. The molecule has 2 amide bonds. The molecule has 10 heteroatoms. The van der Waals surface area contributed by atoms with Crippen LogP contribution in [-0.2, 0) is 15.8 Å². The fourth-order valence-electron chi connectivity index (χ4n) is 2.66. The Morgan fingerprint density at radius 2 is 1.60 bits per heavy atom. The Labute approximate surface area is 182 Å². The average molecular weight is 462 g/mol. The van der Waals surface area contributed by atoms with E-state index in [4.69, 9.17) is 23.2 Å². The van der Waals surface area contributed by atoms with Crippen molar-refractivity contribution in [3.05, 3.63) is 58.1 Å². The van der Waals surface area contributed by atoms with Gasteiger partial charge < -0.3 is 10.6 Å². The summed E-state index contributed by atoms with van der Waals surface area (Å²) in [4.78, 5) is 26.1. The number of nitrogens with zero attached hydrogens (tertiary/aromatic N) is 1. The monoisotopic (exact) mass is 461 g/mol. The number of alkyl halides is 3. The lowest BCUT2D eigenvalue weighted by Crippen LogP contribution is -2.35. The van der Waals surface area contributed by atoms with Gasteiger partial charge in [-0.3, -0.25) is 14.5 Å². The molecule has 162 valence electrons. The summed E-state index contributed by atoms with van der Waals surface area (Å²) in [5.41, 5.74) is -0.926. The fourth-order valence-corrected chi connectivity index (χ4v) is 3.15. The van der Waals surface area contributed by atoms with E-state index < -0.39 is 17.6 Å². The van der Waals surface area contributed by atoms with Crippen molar-refractivity contribution in [2.75, 3.05) is 30.3 Å². The number of benzene rings is 2. The molecule has 0 fully saturated rings. The minimum absolute atomic E-state index is 0.0435. The maximum absolute atomic E-state index is 13.0. The zero-order valence-electron chi connectivity index (χ0n) is 16.0. The van der Waals surface area contributed by atoms with E-state index in [1.807, 2.05) is 0 Å². The predicted molar refractivity (Wildman–Crippen MR) is 112 cm³/mol. The number of hydrogen-bond acceptors (Lipinski definition) is 3. The van der Waals surface area contributed by atoms with Gasteiger partial charge in [0, 0.05) is 13.0 Å². The molecule has 0 saturated heterocycles. The number of halogens is 5.